The zero-order valence-corrected chi connectivity index (χ0v) is 10.0. The monoisotopic (exact) mass is 279 g/mol. The van der Waals surface area contributed by atoms with Crippen LogP contribution in [0.15, 0.2) is 47.2 Å². The standard InChI is InChI=1S/C12H10BrNO2/c13-10-5-12(7-14-6-10)16-11-3-1-2-9(4-11)8-15/h1-7,15H,8H2. The lowest BCUT2D eigenvalue weighted by Crippen LogP contribution is -1.88. The summed E-state index contributed by atoms with van der Waals surface area (Å²) in [5.41, 5.74) is 0.820. The highest BCUT2D eigenvalue weighted by atomic mass is 79.9. The molecule has 2 aromatic rings. The average Bonchev–Trinajstić information content (AvgIpc) is 2.29. The summed E-state index contributed by atoms with van der Waals surface area (Å²) in [5.74, 6) is 1.34. The van der Waals surface area contributed by atoms with Gasteiger partial charge in [0, 0.05) is 10.7 Å². The number of aliphatic hydroxyl groups is 1. The molecule has 82 valence electrons. The van der Waals surface area contributed by atoms with Gasteiger partial charge in [0.15, 0.2) is 0 Å². The quantitative estimate of drug-likeness (QED) is 0.939. The Morgan fingerprint density at radius 1 is 1.19 bits per heavy atom. The second kappa shape index (κ2) is 5.09. The molecule has 0 unspecified atom stereocenters. The zero-order chi connectivity index (χ0) is 11.4. The third kappa shape index (κ3) is 2.81. The van der Waals surface area contributed by atoms with Gasteiger partial charge in [0.2, 0.25) is 0 Å². The molecule has 4 heteroatoms. The fourth-order valence-electron chi connectivity index (χ4n) is 1.29. The van der Waals surface area contributed by atoms with Crippen molar-refractivity contribution in [3.63, 3.8) is 0 Å². The number of halogens is 1. The van der Waals surface area contributed by atoms with Crippen molar-refractivity contribution >= 4 is 15.9 Å². The van der Waals surface area contributed by atoms with Gasteiger partial charge in [0.1, 0.15) is 11.5 Å². The number of pyridine rings is 1. The molecular weight excluding hydrogens is 270 g/mol. The second-order valence-corrected chi connectivity index (χ2v) is 4.16. The number of aliphatic hydroxyl groups excluding tert-OH is 1. The fourth-order valence-corrected chi connectivity index (χ4v) is 1.64. The van der Waals surface area contributed by atoms with Crippen molar-refractivity contribution in [2.24, 2.45) is 0 Å². The lowest BCUT2D eigenvalue weighted by atomic mass is 10.2. The van der Waals surface area contributed by atoms with Crippen molar-refractivity contribution in [3.05, 3.63) is 52.8 Å². The molecule has 0 radical (unpaired) electrons. The van der Waals surface area contributed by atoms with Crippen molar-refractivity contribution < 1.29 is 9.84 Å². The van der Waals surface area contributed by atoms with Crippen LogP contribution < -0.4 is 4.74 Å². The first kappa shape index (κ1) is 11.1. The minimum absolute atomic E-state index is 0.00787. The summed E-state index contributed by atoms with van der Waals surface area (Å²) >= 11 is 3.32. The summed E-state index contributed by atoms with van der Waals surface area (Å²) in [6, 6.07) is 9.14. The maximum atomic E-state index is 9.00. The van der Waals surface area contributed by atoms with Crippen molar-refractivity contribution in [2.45, 2.75) is 6.61 Å². The van der Waals surface area contributed by atoms with Crippen molar-refractivity contribution in [1.82, 2.24) is 4.98 Å². The smallest absolute Gasteiger partial charge is 0.146 e. The van der Waals surface area contributed by atoms with E-state index in [1.165, 1.54) is 0 Å². The highest BCUT2D eigenvalue weighted by molar-refractivity contribution is 9.10. The summed E-state index contributed by atoms with van der Waals surface area (Å²) in [6.45, 7) is 0.00787. The van der Waals surface area contributed by atoms with Gasteiger partial charge in [-0.2, -0.15) is 0 Å². The highest BCUT2D eigenvalue weighted by Crippen LogP contribution is 2.23. The summed E-state index contributed by atoms with van der Waals surface area (Å²) in [4.78, 5) is 4.00. The number of aromatic nitrogens is 1. The molecule has 0 fully saturated rings. The van der Waals surface area contributed by atoms with Crippen LogP contribution in [-0.2, 0) is 6.61 Å². The van der Waals surface area contributed by atoms with E-state index in [0.717, 1.165) is 10.0 Å². The third-order valence-corrected chi connectivity index (χ3v) is 2.43. The molecular formula is C12H10BrNO2. The molecule has 0 aliphatic carbocycles. The highest BCUT2D eigenvalue weighted by Gasteiger charge is 1.99. The maximum Gasteiger partial charge on any atom is 0.146 e. The van der Waals surface area contributed by atoms with Gasteiger partial charge in [-0.15, -0.1) is 0 Å². The Kier molecular flexibility index (Phi) is 3.54. The first-order valence-corrected chi connectivity index (χ1v) is 5.55. The van der Waals surface area contributed by atoms with Gasteiger partial charge in [-0.1, -0.05) is 12.1 Å². The Bertz CT molecular complexity index is 488. The van der Waals surface area contributed by atoms with Crippen LogP contribution in [0.5, 0.6) is 11.5 Å². The number of hydrogen-bond acceptors (Lipinski definition) is 3. The number of nitrogens with zero attached hydrogens (tertiary/aromatic N) is 1. The van der Waals surface area contributed by atoms with Crippen LogP contribution in [-0.4, -0.2) is 10.1 Å². The molecule has 2 rings (SSSR count). The van der Waals surface area contributed by atoms with E-state index in [1.807, 2.05) is 24.3 Å². The SMILES string of the molecule is OCc1cccc(Oc2cncc(Br)c2)c1. The van der Waals surface area contributed by atoms with Crippen LogP contribution in [0.1, 0.15) is 5.56 Å². The Morgan fingerprint density at radius 3 is 2.81 bits per heavy atom. The molecule has 0 bridgehead atoms. The Balaban J connectivity index is 2.20. The van der Waals surface area contributed by atoms with Crippen molar-refractivity contribution in [3.8, 4) is 11.5 Å². The van der Waals surface area contributed by atoms with Gasteiger partial charge in [0.05, 0.1) is 12.8 Å². The van der Waals surface area contributed by atoms with E-state index >= 15 is 0 Å². The van der Waals surface area contributed by atoms with E-state index < -0.39 is 0 Å². The van der Waals surface area contributed by atoms with Gasteiger partial charge < -0.3 is 9.84 Å². The van der Waals surface area contributed by atoms with Crippen LogP contribution in [0.2, 0.25) is 0 Å². The first-order valence-electron chi connectivity index (χ1n) is 4.76. The number of rotatable bonds is 3. The Hall–Kier alpha value is -1.39. The molecule has 0 spiro atoms. The molecule has 0 atom stereocenters. The van der Waals surface area contributed by atoms with E-state index in [2.05, 4.69) is 20.9 Å². The minimum Gasteiger partial charge on any atom is -0.456 e. The fraction of sp³-hybridized carbons (Fsp3) is 0.0833. The first-order chi connectivity index (χ1) is 7.78. The molecule has 0 saturated heterocycles. The Labute approximate surface area is 102 Å². The van der Waals surface area contributed by atoms with Gasteiger partial charge >= 0.3 is 0 Å². The van der Waals surface area contributed by atoms with Crippen LogP contribution in [0.3, 0.4) is 0 Å². The van der Waals surface area contributed by atoms with Gasteiger partial charge in [0.25, 0.3) is 0 Å². The van der Waals surface area contributed by atoms with E-state index in [9.17, 15) is 0 Å². The third-order valence-electron chi connectivity index (χ3n) is 2.00. The van der Waals surface area contributed by atoms with Crippen LogP contribution in [0.4, 0.5) is 0 Å². The summed E-state index contributed by atoms with van der Waals surface area (Å²) in [6.07, 6.45) is 3.33. The van der Waals surface area contributed by atoms with Crippen LogP contribution in [0, 0.1) is 0 Å². The molecule has 0 aliphatic rings. The molecule has 16 heavy (non-hydrogen) atoms. The predicted molar refractivity (Wildman–Crippen MR) is 64.4 cm³/mol. The molecule has 0 amide bonds. The van der Waals surface area contributed by atoms with E-state index in [-0.39, 0.29) is 6.61 Å². The molecule has 3 nitrogen and oxygen atoms in total. The van der Waals surface area contributed by atoms with Crippen molar-refractivity contribution in [1.29, 1.82) is 0 Å². The molecule has 0 aliphatic heterocycles. The number of ether oxygens (including phenoxy) is 1. The van der Waals surface area contributed by atoms with Gasteiger partial charge in [-0.05, 0) is 39.7 Å². The Morgan fingerprint density at radius 2 is 2.06 bits per heavy atom. The van der Waals surface area contributed by atoms with E-state index in [0.29, 0.717) is 11.5 Å². The summed E-state index contributed by atoms with van der Waals surface area (Å²) < 4.78 is 6.46. The average molecular weight is 280 g/mol. The molecule has 1 aromatic heterocycles. The van der Waals surface area contributed by atoms with Gasteiger partial charge in [-0.3, -0.25) is 4.98 Å². The lowest BCUT2D eigenvalue weighted by Gasteiger charge is -2.06. The molecule has 1 aromatic carbocycles. The summed E-state index contributed by atoms with van der Waals surface area (Å²) in [7, 11) is 0. The predicted octanol–water partition coefficient (Wildman–Crippen LogP) is 3.13. The van der Waals surface area contributed by atoms with Crippen LogP contribution >= 0.6 is 15.9 Å². The number of hydrogen-bond donors (Lipinski definition) is 1. The van der Waals surface area contributed by atoms with Gasteiger partial charge in [-0.25, -0.2) is 0 Å². The molecule has 0 saturated carbocycles. The lowest BCUT2D eigenvalue weighted by molar-refractivity contribution is 0.281. The molecule has 1 N–H and O–H groups in total. The summed E-state index contributed by atoms with van der Waals surface area (Å²) in [5, 5.41) is 9.00. The van der Waals surface area contributed by atoms with Crippen molar-refractivity contribution in [2.75, 3.05) is 0 Å². The second-order valence-electron chi connectivity index (χ2n) is 3.25. The normalized spacial score (nSPS) is 10.1. The molecule has 1 heterocycles. The number of benzene rings is 1. The van der Waals surface area contributed by atoms with E-state index in [4.69, 9.17) is 9.84 Å². The zero-order valence-electron chi connectivity index (χ0n) is 8.43. The largest absolute Gasteiger partial charge is 0.456 e. The minimum atomic E-state index is 0.00787. The topological polar surface area (TPSA) is 42.4 Å². The maximum absolute atomic E-state index is 9.00. The van der Waals surface area contributed by atoms with E-state index in [1.54, 1.807) is 18.5 Å². The van der Waals surface area contributed by atoms with Crippen LogP contribution in [0.25, 0.3) is 0 Å².